The van der Waals surface area contributed by atoms with Crippen LogP contribution in [0.15, 0.2) is 46.9 Å². The molecule has 0 bridgehead atoms. The maximum Gasteiger partial charge on any atom is 0.336 e. The highest BCUT2D eigenvalue weighted by Crippen LogP contribution is 2.18. The molecule has 0 aliphatic heterocycles. The Morgan fingerprint density at radius 3 is 2.48 bits per heavy atom. The molecule has 0 unspecified atom stereocenters. The van der Waals surface area contributed by atoms with Gasteiger partial charge in [-0.15, -0.1) is 0 Å². The molecule has 110 valence electrons. The van der Waals surface area contributed by atoms with Crippen molar-refractivity contribution in [1.29, 1.82) is 0 Å². The number of benzene rings is 2. The Hall–Kier alpha value is -1.65. The fourth-order valence-electron chi connectivity index (χ4n) is 2.34. The maximum atomic E-state index is 11.2. The molecule has 2 rings (SSSR count). The molecule has 0 aromatic heterocycles. The van der Waals surface area contributed by atoms with E-state index in [-0.39, 0.29) is 0 Å². The van der Waals surface area contributed by atoms with Gasteiger partial charge in [0.15, 0.2) is 0 Å². The van der Waals surface area contributed by atoms with Gasteiger partial charge in [0.2, 0.25) is 0 Å². The average Bonchev–Trinajstić information content (AvgIpc) is 2.42. The molecule has 0 saturated carbocycles. The van der Waals surface area contributed by atoms with Crippen molar-refractivity contribution >= 4 is 21.9 Å². The van der Waals surface area contributed by atoms with Gasteiger partial charge in [-0.05, 0) is 48.9 Å². The topological polar surface area (TPSA) is 40.5 Å². The summed E-state index contributed by atoms with van der Waals surface area (Å²) in [7, 11) is 2.00. The van der Waals surface area contributed by atoms with E-state index < -0.39 is 5.97 Å². The molecule has 21 heavy (non-hydrogen) atoms. The van der Waals surface area contributed by atoms with Crippen molar-refractivity contribution in [2.24, 2.45) is 0 Å². The zero-order valence-corrected chi connectivity index (χ0v) is 13.7. The van der Waals surface area contributed by atoms with E-state index in [0.717, 1.165) is 16.6 Å². The van der Waals surface area contributed by atoms with Crippen molar-refractivity contribution in [2.45, 2.75) is 20.0 Å². The molecule has 0 amide bonds. The van der Waals surface area contributed by atoms with Gasteiger partial charge in [0.25, 0.3) is 0 Å². The lowest BCUT2D eigenvalue weighted by molar-refractivity contribution is 0.0694. The van der Waals surface area contributed by atoms with Crippen molar-refractivity contribution in [2.75, 3.05) is 7.05 Å². The summed E-state index contributed by atoms with van der Waals surface area (Å²) >= 11 is 3.46. The second kappa shape index (κ2) is 6.87. The summed E-state index contributed by atoms with van der Waals surface area (Å²) < 4.78 is 1.07. The Bertz CT molecular complexity index is 655. The monoisotopic (exact) mass is 347 g/mol. The molecule has 4 heteroatoms. The van der Waals surface area contributed by atoms with Crippen LogP contribution in [0.3, 0.4) is 0 Å². The van der Waals surface area contributed by atoms with Crippen LogP contribution in [0.1, 0.15) is 27.0 Å². The van der Waals surface area contributed by atoms with Crippen molar-refractivity contribution in [1.82, 2.24) is 4.90 Å². The highest BCUT2D eigenvalue weighted by Gasteiger charge is 2.11. The van der Waals surface area contributed by atoms with Gasteiger partial charge in [0.05, 0.1) is 5.56 Å². The summed E-state index contributed by atoms with van der Waals surface area (Å²) in [5.41, 5.74) is 3.68. The number of hydrogen-bond acceptors (Lipinski definition) is 2. The summed E-state index contributed by atoms with van der Waals surface area (Å²) in [5, 5.41) is 9.22. The summed E-state index contributed by atoms with van der Waals surface area (Å²) in [6, 6.07) is 13.4. The molecule has 0 aliphatic rings. The van der Waals surface area contributed by atoms with Crippen molar-refractivity contribution < 1.29 is 9.90 Å². The quantitative estimate of drug-likeness (QED) is 0.885. The summed E-state index contributed by atoms with van der Waals surface area (Å²) in [5.74, 6) is -0.876. The predicted octanol–water partition coefficient (Wildman–Crippen LogP) is 4.09. The average molecular weight is 348 g/mol. The van der Waals surface area contributed by atoms with Crippen LogP contribution < -0.4 is 0 Å². The minimum atomic E-state index is -0.876. The molecule has 0 radical (unpaired) electrons. The number of nitrogens with zero attached hydrogens (tertiary/aromatic N) is 1. The van der Waals surface area contributed by atoms with Crippen molar-refractivity contribution in [3.05, 3.63) is 69.2 Å². The highest BCUT2D eigenvalue weighted by atomic mass is 79.9. The molecule has 0 heterocycles. The van der Waals surface area contributed by atoms with Crippen LogP contribution in [0.25, 0.3) is 0 Å². The molecule has 0 spiro atoms. The van der Waals surface area contributed by atoms with E-state index in [2.05, 4.69) is 39.9 Å². The van der Waals surface area contributed by atoms with Gasteiger partial charge in [0.1, 0.15) is 0 Å². The smallest absolute Gasteiger partial charge is 0.336 e. The van der Waals surface area contributed by atoms with Gasteiger partial charge >= 0.3 is 5.97 Å². The minimum Gasteiger partial charge on any atom is -0.478 e. The van der Waals surface area contributed by atoms with Crippen LogP contribution in [-0.2, 0) is 13.1 Å². The lowest BCUT2D eigenvalue weighted by Crippen LogP contribution is -2.19. The first-order valence-corrected chi connectivity index (χ1v) is 7.51. The molecule has 1 N–H and O–H groups in total. The lowest BCUT2D eigenvalue weighted by atomic mass is 10.1. The SMILES string of the molecule is Cc1cc(Br)ccc1CN(C)Cc1ccccc1C(=O)O. The first-order chi connectivity index (χ1) is 9.97. The number of aromatic carboxylic acids is 1. The summed E-state index contributed by atoms with van der Waals surface area (Å²) in [6.45, 7) is 3.48. The summed E-state index contributed by atoms with van der Waals surface area (Å²) in [4.78, 5) is 13.4. The van der Waals surface area contributed by atoms with E-state index in [9.17, 15) is 9.90 Å². The second-order valence-electron chi connectivity index (χ2n) is 5.21. The zero-order valence-electron chi connectivity index (χ0n) is 12.1. The van der Waals surface area contributed by atoms with Crippen LogP contribution in [0.4, 0.5) is 0 Å². The molecule has 0 atom stereocenters. The van der Waals surface area contributed by atoms with E-state index in [1.807, 2.05) is 25.2 Å². The van der Waals surface area contributed by atoms with E-state index in [4.69, 9.17) is 0 Å². The lowest BCUT2D eigenvalue weighted by Gasteiger charge is -2.19. The first-order valence-electron chi connectivity index (χ1n) is 6.72. The Balaban J connectivity index is 2.12. The van der Waals surface area contributed by atoms with Gasteiger partial charge in [0, 0.05) is 17.6 Å². The Morgan fingerprint density at radius 1 is 1.14 bits per heavy atom. The Morgan fingerprint density at radius 2 is 1.81 bits per heavy atom. The number of carbonyl (C=O) groups is 1. The fraction of sp³-hybridized carbons (Fsp3) is 0.235. The normalized spacial score (nSPS) is 10.9. The number of halogens is 1. The largest absolute Gasteiger partial charge is 0.478 e. The van der Waals surface area contributed by atoms with E-state index in [0.29, 0.717) is 12.1 Å². The van der Waals surface area contributed by atoms with Crippen molar-refractivity contribution in [3.63, 3.8) is 0 Å². The molecule has 2 aromatic carbocycles. The van der Waals surface area contributed by atoms with Gasteiger partial charge in [-0.1, -0.05) is 40.2 Å². The van der Waals surface area contributed by atoms with Gasteiger partial charge < -0.3 is 5.11 Å². The van der Waals surface area contributed by atoms with Crippen molar-refractivity contribution in [3.8, 4) is 0 Å². The van der Waals surface area contributed by atoms with Crippen LogP contribution in [0, 0.1) is 6.92 Å². The molecule has 0 saturated heterocycles. The number of aryl methyl sites for hydroxylation is 1. The van der Waals surface area contributed by atoms with Crippen LogP contribution >= 0.6 is 15.9 Å². The Labute approximate surface area is 133 Å². The number of hydrogen-bond donors (Lipinski definition) is 1. The van der Waals surface area contributed by atoms with E-state index in [1.54, 1.807) is 12.1 Å². The molecule has 2 aromatic rings. The molecule has 0 aliphatic carbocycles. The molecular formula is C17H18BrNO2. The predicted molar refractivity (Wildman–Crippen MR) is 87.5 cm³/mol. The standard InChI is InChI=1S/C17H18BrNO2/c1-12-9-15(18)8-7-13(12)10-19(2)11-14-5-3-4-6-16(14)17(20)21/h3-9H,10-11H2,1-2H3,(H,20,21). The van der Waals surface area contributed by atoms with Crippen LogP contribution in [0.2, 0.25) is 0 Å². The molecular weight excluding hydrogens is 330 g/mol. The highest BCUT2D eigenvalue weighted by molar-refractivity contribution is 9.10. The van der Waals surface area contributed by atoms with Gasteiger partial charge in [-0.3, -0.25) is 4.90 Å². The second-order valence-corrected chi connectivity index (χ2v) is 6.12. The Kier molecular flexibility index (Phi) is 5.15. The third kappa shape index (κ3) is 4.16. The fourth-order valence-corrected chi connectivity index (χ4v) is 2.82. The first kappa shape index (κ1) is 15.7. The number of rotatable bonds is 5. The van der Waals surface area contributed by atoms with E-state index in [1.165, 1.54) is 11.1 Å². The maximum absolute atomic E-state index is 11.2. The zero-order chi connectivity index (χ0) is 15.4. The third-order valence-corrected chi connectivity index (χ3v) is 3.93. The molecule has 3 nitrogen and oxygen atoms in total. The van der Waals surface area contributed by atoms with Gasteiger partial charge in [-0.25, -0.2) is 4.79 Å². The summed E-state index contributed by atoms with van der Waals surface area (Å²) in [6.07, 6.45) is 0. The van der Waals surface area contributed by atoms with E-state index >= 15 is 0 Å². The number of carboxylic acid groups (broad SMARTS) is 1. The number of carboxylic acids is 1. The van der Waals surface area contributed by atoms with Crippen LogP contribution in [0.5, 0.6) is 0 Å². The van der Waals surface area contributed by atoms with Crippen LogP contribution in [-0.4, -0.2) is 23.0 Å². The third-order valence-electron chi connectivity index (χ3n) is 3.43. The minimum absolute atomic E-state index is 0.372. The molecule has 0 fully saturated rings. The van der Waals surface area contributed by atoms with Gasteiger partial charge in [-0.2, -0.15) is 0 Å².